The predicted molar refractivity (Wildman–Crippen MR) is 86.1 cm³/mol. The smallest absolute Gasteiger partial charge is 0.243 e. The maximum Gasteiger partial charge on any atom is 0.243 e. The van der Waals surface area contributed by atoms with Crippen LogP contribution in [0.2, 0.25) is 0 Å². The van der Waals surface area contributed by atoms with E-state index in [1.54, 1.807) is 38.2 Å². The number of sulfonamides is 1. The molecule has 0 aliphatic rings. The van der Waals surface area contributed by atoms with Crippen LogP contribution in [0, 0.1) is 0 Å². The fourth-order valence-electron chi connectivity index (χ4n) is 2.00. The van der Waals surface area contributed by atoms with Crippen molar-refractivity contribution in [1.29, 1.82) is 0 Å². The van der Waals surface area contributed by atoms with Crippen LogP contribution in [-0.4, -0.2) is 19.9 Å². The van der Waals surface area contributed by atoms with Gasteiger partial charge in [-0.25, -0.2) is 13.4 Å². The third-order valence-electron chi connectivity index (χ3n) is 2.90. The van der Waals surface area contributed by atoms with Crippen LogP contribution >= 0.6 is 11.3 Å². The number of hydrogen-bond acceptors (Lipinski definition) is 5. The highest BCUT2D eigenvalue weighted by atomic mass is 32.2. The highest BCUT2D eigenvalue weighted by Gasteiger charge is 2.31. The average molecular weight is 325 g/mol. The number of thiazole rings is 1. The molecule has 0 unspecified atom stereocenters. The Balaban J connectivity index is 2.35. The molecule has 0 fully saturated rings. The Morgan fingerprint density at radius 3 is 2.62 bits per heavy atom. The largest absolute Gasteiger partial charge is 0.384 e. The molecule has 21 heavy (non-hydrogen) atoms. The van der Waals surface area contributed by atoms with E-state index >= 15 is 0 Å². The van der Waals surface area contributed by atoms with Gasteiger partial charge in [0.1, 0.15) is 9.90 Å². The van der Waals surface area contributed by atoms with Gasteiger partial charge in [-0.15, -0.1) is 11.3 Å². The van der Waals surface area contributed by atoms with Gasteiger partial charge in [-0.1, -0.05) is 12.1 Å². The van der Waals surface area contributed by atoms with Crippen molar-refractivity contribution < 1.29 is 8.42 Å². The molecule has 2 aromatic rings. The van der Waals surface area contributed by atoms with Crippen molar-refractivity contribution in [3.63, 3.8) is 0 Å². The highest BCUT2D eigenvalue weighted by Crippen LogP contribution is 2.27. The molecule has 0 aliphatic carbocycles. The van der Waals surface area contributed by atoms with Crippen molar-refractivity contribution in [2.45, 2.75) is 31.2 Å². The molecule has 0 aliphatic heterocycles. The SMILES string of the molecule is CCNc1ccccc1S(=O)(=O)NC(C)(C)c1nccs1. The summed E-state index contributed by atoms with van der Waals surface area (Å²) in [6.07, 6.45) is 1.67. The summed E-state index contributed by atoms with van der Waals surface area (Å²) in [5, 5.41) is 5.63. The molecule has 0 bridgehead atoms. The van der Waals surface area contributed by atoms with Crippen LogP contribution < -0.4 is 10.0 Å². The molecule has 0 radical (unpaired) electrons. The molecule has 0 saturated heterocycles. The molecule has 2 rings (SSSR count). The topological polar surface area (TPSA) is 71.1 Å². The number of nitrogens with zero attached hydrogens (tertiary/aromatic N) is 1. The molecular weight excluding hydrogens is 306 g/mol. The van der Waals surface area contributed by atoms with E-state index in [2.05, 4.69) is 15.0 Å². The van der Waals surface area contributed by atoms with E-state index in [0.29, 0.717) is 12.2 Å². The van der Waals surface area contributed by atoms with E-state index in [4.69, 9.17) is 0 Å². The number of anilines is 1. The molecule has 0 amide bonds. The van der Waals surface area contributed by atoms with E-state index in [9.17, 15) is 8.42 Å². The number of hydrogen-bond donors (Lipinski definition) is 2. The zero-order valence-corrected chi connectivity index (χ0v) is 13.9. The van der Waals surface area contributed by atoms with Crippen LogP contribution in [0.15, 0.2) is 40.7 Å². The van der Waals surface area contributed by atoms with Crippen molar-refractivity contribution in [3.8, 4) is 0 Å². The first-order valence-electron chi connectivity index (χ1n) is 6.63. The number of nitrogens with one attached hydrogen (secondary N) is 2. The molecule has 1 aromatic carbocycles. The minimum absolute atomic E-state index is 0.247. The van der Waals surface area contributed by atoms with Gasteiger partial charge >= 0.3 is 0 Å². The Morgan fingerprint density at radius 2 is 2.00 bits per heavy atom. The Kier molecular flexibility index (Phi) is 4.65. The van der Waals surface area contributed by atoms with Crippen molar-refractivity contribution in [1.82, 2.24) is 9.71 Å². The Labute approximate surface area is 129 Å². The maximum absolute atomic E-state index is 12.7. The van der Waals surface area contributed by atoms with E-state index in [1.807, 2.05) is 18.4 Å². The first-order chi connectivity index (χ1) is 9.87. The van der Waals surface area contributed by atoms with E-state index in [0.717, 1.165) is 5.01 Å². The lowest BCUT2D eigenvalue weighted by Gasteiger charge is -2.24. The number of aromatic nitrogens is 1. The Morgan fingerprint density at radius 1 is 1.29 bits per heavy atom. The lowest BCUT2D eigenvalue weighted by Crippen LogP contribution is -2.41. The summed E-state index contributed by atoms with van der Waals surface area (Å²) in [6, 6.07) is 6.88. The molecule has 114 valence electrons. The van der Waals surface area contributed by atoms with Crippen molar-refractivity contribution in [3.05, 3.63) is 40.8 Å². The van der Waals surface area contributed by atoms with Gasteiger partial charge in [-0.2, -0.15) is 4.72 Å². The molecule has 2 N–H and O–H groups in total. The lowest BCUT2D eigenvalue weighted by molar-refractivity contribution is 0.470. The second-order valence-corrected chi connectivity index (χ2v) is 7.64. The molecule has 0 saturated carbocycles. The number of para-hydroxylation sites is 1. The molecule has 0 spiro atoms. The molecule has 5 nitrogen and oxygen atoms in total. The summed E-state index contributed by atoms with van der Waals surface area (Å²) >= 11 is 1.43. The second-order valence-electron chi connectivity index (χ2n) is 5.09. The Bertz CT molecular complexity index is 695. The molecule has 7 heteroatoms. The Hall–Kier alpha value is -1.44. The molecule has 0 atom stereocenters. The fourth-order valence-corrected chi connectivity index (χ4v) is 4.35. The third-order valence-corrected chi connectivity index (χ3v) is 5.71. The molecule has 1 aromatic heterocycles. The van der Waals surface area contributed by atoms with Crippen LogP contribution in [0.25, 0.3) is 0 Å². The van der Waals surface area contributed by atoms with E-state index in [1.165, 1.54) is 11.3 Å². The first kappa shape index (κ1) is 15.9. The van der Waals surface area contributed by atoms with Gasteiger partial charge in [0.25, 0.3) is 0 Å². The third kappa shape index (κ3) is 3.61. The van der Waals surface area contributed by atoms with Crippen molar-refractivity contribution >= 4 is 27.0 Å². The van der Waals surface area contributed by atoms with Crippen molar-refractivity contribution in [2.24, 2.45) is 0 Å². The average Bonchev–Trinajstić information content (AvgIpc) is 2.93. The minimum atomic E-state index is -3.64. The van der Waals surface area contributed by atoms with Gasteiger partial charge in [-0.3, -0.25) is 0 Å². The van der Waals surface area contributed by atoms with Gasteiger partial charge in [0.05, 0.1) is 11.2 Å². The zero-order valence-electron chi connectivity index (χ0n) is 12.3. The standard InChI is InChI=1S/C14H19N3O2S2/c1-4-15-11-7-5-6-8-12(11)21(18,19)17-14(2,3)13-16-9-10-20-13/h5-10,15,17H,4H2,1-3H3. The predicted octanol–water partition coefficient (Wildman–Crippen LogP) is 2.79. The monoisotopic (exact) mass is 325 g/mol. The normalized spacial score (nSPS) is 12.3. The molecule has 1 heterocycles. The number of benzene rings is 1. The highest BCUT2D eigenvalue weighted by molar-refractivity contribution is 7.89. The summed E-state index contributed by atoms with van der Waals surface area (Å²) < 4.78 is 28.1. The van der Waals surface area contributed by atoms with E-state index < -0.39 is 15.6 Å². The molecular formula is C14H19N3O2S2. The van der Waals surface area contributed by atoms with E-state index in [-0.39, 0.29) is 4.90 Å². The summed E-state index contributed by atoms with van der Waals surface area (Å²) in [5.74, 6) is 0. The minimum Gasteiger partial charge on any atom is -0.384 e. The maximum atomic E-state index is 12.7. The van der Waals surface area contributed by atoms with Gasteiger partial charge in [0, 0.05) is 18.1 Å². The summed E-state index contributed by atoms with van der Waals surface area (Å²) in [4.78, 5) is 4.45. The van der Waals surface area contributed by atoms with Gasteiger partial charge in [0.2, 0.25) is 10.0 Å². The fraction of sp³-hybridized carbons (Fsp3) is 0.357. The number of rotatable bonds is 6. The van der Waals surface area contributed by atoms with Crippen LogP contribution in [0.5, 0.6) is 0 Å². The van der Waals surface area contributed by atoms with Crippen LogP contribution in [0.3, 0.4) is 0 Å². The summed E-state index contributed by atoms with van der Waals surface area (Å²) in [6.45, 7) is 6.19. The van der Waals surface area contributed by atoms with Gasteiger partial charge < -0.3 is 5.32 Å². The quantitative estimate of drug-likeness (QED) is 0.857. The van der Waals surface area contributed by atoms with Crippen LogP contribution in [0.1, 0.15) is 25.8 Å². The summed E-state index contributed by atoms with van der Waals surface area (Å²) in [7, 11) is -3.64. The van der Waals surface area contributed by atoms with Crippen molar-refractivity contribution in [2.75, 3.05) is 11.9 Å². The van der Waals surface area contributed by atoms with Crippen LogP contribution in [-0.2, 0) is 15.6 Å². The van der Waals surface area contributed by atoms with Gasteiger partial charge in [-0.05, 0) is 32.9 Å². The first-order valence-corrected chi connectivity index (χ1v) is 9.00. The van der Waals surface area contributed by atoms with Crippen LogP contribution in [0.4, 0.5) is 5.69 Å². The summed E-state index contributed by atoms with van der Waals surface area (Å²) in [5.41, 5.74) is -0.158. The second kappa shape index (κ2) is 6.13. The van der Waals surface area contributed by atoms with Gasteiger partial charge in [0.15, 0.2) is 0 Å². The zero-order chi connectivity index (χ0) is 15.5. The lowest BCUT2D eigenvalue weighted by atomic mass is 10.1.